The highest BCUT2D eigenvalue weighted by molar-refractivity contribution is 14.1. The van der Waals surface area contributed by atoms with Crippen molar-refractivity contribution in [1.82, 2.24) is 5.32 Å². The van der Waals surface area contributed by atoms with Crippen LogP contribution in [0.4, 0.5) is 4.79 Å². The van der Waals surface area contributed by atoms with E-state index in [0.717, 1.165) is 0 Å². The summed E-state index contributed by atoms with van der Waals surface area (Å²) in [5.74, 6) is -0.00605. The highest BCUT2D eigenvalue weighted by Gasteiger charge is 2.15. The van der Waals surface area contributed by atoms with Crippen molar-refractivity contribution >= 4 is 34.5 Å². The molecule has 1 N–H and O–H groups in total. The van der Waals surface area contributed by atoms with Crippen LogP contribution < -0.4 is 5.32 Å². The largest absolute Gasteiger partial charge is 0.444 e. The van der Waals surface area contributed by atoms with Gasteiger partial charge in [-0.25, -0.2) is 4.79 Å². The van der Waals surface area contributed by atoms with E-state index < -0.39 is 11.7 Å². The van der Waals surface area contributed by atoms with Gasteiger partial charge >= 0.3 is 6.09 Å². The van der Waals surface area contributed by atoms with Crippen LogP contribution in [0.1, 0.15) is 37.6 Å². The summed E-state index contributed by atoms with van der Waals surface area (Å²) in [7, 11) is 0. The van der Waals surface area contributed by atoms with Gasteiger partial charge in [-0.05, 0) is 49.8 Å². The van der Waals surface area contributed by atoms with Crippen molar-refractivity contribution in [2.24, 2.45) is 0 Å². The van der Waals surface area contributed by atoms with Gasteiger partial charge in [-0.15, -0.1) is 0 Å². The smallest absolute Gasteiger partial charge is 0.407 e. The van der Waals surface area contributed by atoms with E-state index >= 15 is 0 Å². The van der Waals surface area contributed by atoms with E-state index in [-0.39, 0.29) is 5.78 Å². The first-order chi connectivity index (χ1) is 9.79. The number of rotatable bonds is 5. The van der Waals surface area contributed by atoms with Gasteiger partial charge in [0.25, 0.3) is 0 Å². The van der Waals surface area contributed by atoms with Crippen LogP contribution in [-0.4, -0.2) is 24.0 Å². The maximum absolute atomic E-state index is 12.1. The second-order valence-corrected chi connectivity index (χ2v) is 6.63. The van der Waals surface area contributed by atoms with Crippen molar-refractivity contribution in [2.75, 3.05) is 6.54 Å². The molecule has 0 saturated carbocycles. The maximum Gasteiger partial charge on any atom is 0.407 e. The number of nitrogens with one attached hydrogen (secondary N) is 1. The third-order valence-electron chi connectivity index (χ3n) is 2.39. The molecule has 0 spiro atoms. The van der Waals surface area contributed by atoms with E-state index in [9.17, 15) is 9.59 Å². The van der Waals surface area contributed by atoms with Crippen molar-refractivity contribution < 1.29 is 14.3 Å². The molecule has 0 saturated heterocycles. The Kier molecular flexibility index (Phi) is 6.87. The zero-order chi connectivity index (χ0) is 15.9. The van der Waals surface area contributed by atoms with Crippen LogP contribution in [0.3, 0.4) is 0 Å². The van der Waals surface area contributed by atoms with Crippen molar-refractivity contribution in [3.63, 3.8) is 0 Å². The summed E-state index contributed by atoms with van der Waals surface area (Å²) in [6.07, 6.45) is 1.95. The summed E-state index contributed by atoms with van der Waals surface area (Å²) in [5, 5.41) is 2.65. The number of Topliss-reactive ketones (excluding diaryl/α,β-unsaturated/α-hetero) is 1. The van der Waals surface area contributed by atoms with E-state index in [4.69, 9.17) is 4.74 Å². The lowest BCUT2D eigenvalue weighted by molar-refractivity contribution is 0.0529. The highest BCUT2D eigenvalue weighted by Crippen LogP contribution is 2.15. The molecule has 1 aromatic rings. The lowest BCUT2D eigenvalue weighted by Crippen LogP contribution is -2.32. The van der Waals surface area contributed by atoms with Crippen molar-refractivity contribution in [3.8, 4) is 0 Å². The SMILES string of the molecule is CC(C)(C)OC(=O)NCC/C=C(\I)C(=O)c1ccccc1. The zero-order valence-corrected chi connectivity index (χ0v) is 14.6. The molecule has 1 amide bonds. The lowest BCUT2D eigenvalue weighted by Gasteiger charge is -2.19. The molecule has 1 aromatic carbocycles. The molecule has 0 unspecified atom stereocenters. The first-order valence-corrected chi connectivity index (χ1v) is 7.80. The van der Waals surface area contributed by atoms with Gasteiger partial charge in [0.1, 0.15) is 5.60 Å². The van der Waals surface area contributed by atoms with E-state index in [0.29, 0.717) is 22.1 Å². The summed E-state index contributed by atoms with van der Waals surface area (Å²) in [4.78, 5) is 23.5. The second kappa shape index (κ2) is 8.17. The quantitative estimate of drug-likeness (QED) is 0.350. The van der Waals surface area contributed by atoms with Crippen LogP contribution in [0.15, 0.2) is 40.0 Å². The van der Waals surface area contributed by atoms with Gasteiger partial charge < -0.3 is 10.1 Å². The van der Waals surface area contributed by atoms with Crippen LogP contribution >= 0.6 is 22.6 Å². The first kappa shape index (κ1) is 17.7. The summed E-state index contributed by atoms with van der Waals surface area (Å²) in [5.41, 5.74) is 0.163. The number of benzene rings is 1. The number of carbonyl (C=O) groups excluding carboxylic acids is 2. The van der Waals surface area contributed by atoms with Crippen LogP contribution in [0.25, 0.3) is 0 Å². The Morgan fingerprint density at radius 2 is 1.86 bits per heavy atom. The van der Waals surface area contributed by atoms with E-state index in [1.54, 1.807) is 12.1 Å². The first-order valence-electron chi connectivity index (χ1n) is 6.72. The molecule has 5 heteroatoms. The molecule has 0 aliphatic heterocycles. The molecule has 114 valence electrons. The van der Waals surface area contributed by atoms with Crippen LogP contribution in [0, 0.1) is 0 Å². The maximum atomic E-state index is 12.1. The average molecular weight is 401 g/mol. The molecular weight excluding hydrogens is 381 g/mol. The number of amides is 1. The molecule has 4 nitrogen and oxygen atoms in total. The standard InChI is InChI=1S/C16H20INO3/c1-16(2,3)21-15(20)18-11-7-10-13(17)14(19)12-8-5-4-6-9-12/h4-6,8-10H,7,11H2,1-3H3,(H,18,20)/b13-10-. The van der Waals surface area contributed by atoms with Crippen LogP contribution in [0.5, 0.6) is 0 Å². The van der Waals surface area contributed by atoms with E-state index in [1.165, 1.54) is 0 Å². The fourth-order valence-corrected chi connectivity index (χ4v) is 2.13. The molecule has 1 rings (SSSR count). The Balaban J connectivity index is 2.40. The second-order valence-electron chi connectivity index (χ2n) is 5.46. The van der Waals surface area contributed by atoms with Gasteiger partial charge in [-0.2, -0.15) is 0 Å². The van der Waals surface area contributed by atoms with Gasteiger partial charge in [-0.3, -0.25) is 4.79 Å². The van der Waals surface area contributed by atoms with Crippen molar-refractivity contribution in [2.45, 2.75) is 32.8 Å². The Labute approximate surface area is 139 Å². The van der Waals surface area contributed by atoms with Crippen molar-refractivity contribution in [1.29, 1.82) is 0 Å². The molecule has 0 bridgehead atoms. The van der Waals surface area contributed by atoms with Crippen LogP contribution in [0.2, 0.25) is 0 Å². The van der Waals surface area contributed by atoms with Gasteiger partial charge in [0.15, 0.2) is 5.78 Å². The lowest BCUT2D eigenvalue weighted by atomic mass is 10.1. The minimum Gasteiger partial charge on any atom is -0.444 e. The molecule has 0 aliphatic carbocycles. The molecule has 0 fully saturated rings. The van der Waals surface area contributed by atoms with Gasteiger partial charge in [0.2, 0.25) is 0 Å². The Morgan fingerprint density at radius 3 is 2.43 bits per heavy atom. The number of ether oxygens (including phenoxy) is 1. The fraction of sp³-hybridized carbons (Fsp3) is 0.375. The summed E-state index contributed by atoms with van der Waals surface area (Å²) >= 11 is 2.02. The molecular formula is C16H20INO3. The van der Waals surface area contributed by atoms with E-state index in [1.807, 2.05) is 67.6 Å². The predicted molar refractivity (Wildman–Crippen MR) is 91.7 cm³/mol. The molecule has 0 heterocycles. The molecule has 0 atom stereocenters. The summed E-state index contributed by atoms with van der Waals surface area (Å²) in [6, 6.07) is 9.11. The highest BCUT2D eigenvalue weighted by atomic mass is 127. The van der Waals surface area contributed by atoms with Gasteiger partial charge in [-0.1, -0.05) is 36.4 Å². The number of allylic oxidation sites excluding steroid dienone is 1. The molecule has 21 heavy (non-hydrogen) atoms. The predicted octanol–water partition coefficient (Wildman–Crippen LogP) is 4.10. The summed E-state index contributed by atoms with van der Waals surface area (Å²) in [6.45, 7) is 5.87. The number of hydrogen-bond donors (Lipinski definition) is 1. The number of alkyl carbamates (subject to hydrolysis) is 1. The number of halogens is 1. The topological polar surface area (TPSA) is 55.4 Å². The minimum atomic E-state index is -0.502. The van der Waals surface area contributed by atoms with E-state index in [2.05, 4.69) is 5.32 Å². The Bertz CT molecular complexity index is 518. The molecule has 0 aliphatic rings. The normalized spacial score (nSPS) is 11.9. The molecule has 0 aromatic heterocycles. The van der Waals surface area contributed by atoms with Gasteiger partial charge in [0, 0.05) is 12.1 Å². The summed E-state index contributed by atoms with van der Waals surface area (Å²) < 4.78 is 5.77. The van der Waals surface area contributed by atoms with Gasteiger partial charge in [0.05, 0.1) is 3.58 Å². The third kappa shape index (κ3) is 7.27. The van der Waals surface area contributed by atoms with Crippen LogP contribution in [-0.2, 0) is 4.74 Å². The third-order valence-corrected chi connectivity index (χ3v) is 3.32. The monoisotopic (exact) mass is 401 g/mol. The molecule has 0 radical (unpaired) electrons. The zero-order valence-electron chi connectivity index (χ0n) is 12.5. The number of carbonyl (C=O) groups is 2. The number of hydrogen-bond acceptors (Lipinski definition) is 3. The fourth-order valence-electron chi connectivity index (χ4n) is 1.51. The minimum absolute atomic E-state index is 0.00605. The Hall–Kier alpha value is -1.37. The average Bonchev–Trinajstić information content (AvgIpc) is 2.41. The number of ketones is 1. The van der Waals surface area contributed by atoms with Crippen molar-refractivity contribution in [3.05, 3.63) is 45.6 Å². The Morgan fingerprint density at radius 1 is 1.24 bits per heavy atom.